The van der Waals surface area contributed by atoms with Gasteiger partial charge >= 0.3 is 6.18 Å². The summed E-state index contributed by atoms with van der Waals surface area (Å²) in [4.78, 5) is 2.10. The van der Waals surface area contributed by atoms with E-state index in [1.165, 1.54) is 14.2 Å². The van der Waals surface area contributed by atoms with Gasteiger partial charge in [0.1, 0.15) is 0 Å². The van der Waals surface area contributed by atoms with E-state index >= 15 is 0 Å². The van der Waals surface area contributed by atoms with Gasteiger partial charge in [0, 0.05) is 38.6 Å². The normalized spacial score (nSPS) is 17.0. The van der Waals surface area contributed by atoms with Crippen molar-refractivity contribution in [3.63, 3.8) is 0 Å². The van der Waals surface area contributed by atoms with Gasteiger partial charge in [0.05, 0.1) is 14.2 Å². The van der Waals surface area contributed by atoms with Gasteiger partial charge in [0.2, 0.25) is 0 Å². The quantitative estimate of drug-likeness (QED) is 0.834. The fraction of sp³-hybridized carbons (Fsp3) is 0.625. The fourth-order valence-corrected chi connectivity index (χ4v) is 2.91. The van der Waals surface area contributed by atoms with E-state index in [0.29, 0.717) is 11.5 Å². The van der Waals surface area contributed by atoms with E-state index in [0.717, 1.165) is 31.7 Å². The van der Waals surface area contributed by atoms with Crippen LogP contribution in [0.25, 0.3) is 0 Å². The van der Waals surface area contributed by atoms with Gasteiger partial charge in [-0.25, -0.2) is 0 Å². The molecule has 1 N–H and O–H groups in total. The van der Waals surface area contributed by atoms with Crippen LogP contribution in [0.15, 0.2) is 18.2 Å². The van der Waals surface area contributed by atoms with E-state index in [4.69, 9.17) is 9.47 Å². The Morgan fingerprint density at radius 1 is 1.12 bits per heavy atom. The number of alkyl halides is 3. The zero-order valence-electron chi connectivity index (χ0n) is 13.9. The van der Waals surface area contributed by atoms with Crippen LogP contribution in [0.3, 0.4) is 0 Å². The average molecular weight is 369 g/mol. The molecule has 1 aliphatic rings. The molecule has 1 aromatic carbocycles. The smallest absolute Gasteiger partial charge is 0.389 e. The van der Waals surface area contributed by atoms with Gasteiger partial charge in [-0.1, -0.05) is 6.07 Å². The van der Waals surface area contributed by atoms with Crippen LogP contribution in [0.2, 0.25) is 0 Å². The maximum absolute atomic E-state index is 12.7. The van der Waals surface area contributed by atoms with Crippen LogP contribution in [0.1, 0.15) is 24.4 Å². The van der Waals surface area contributed by atoms with Crippen molar-refractivity contribution in [3.05, 3.63) is 23.8 Å². The van der Waals surface area contributed by atoms with Gasteiger partial charge < -0.3 is 14.8 Å². The molecule has 4 nitrogen and oxygen atoms in total. The minimum absolute atomic E-state index is 0. The van der Waals surface area contributed by atoms with Crippen LogP contribution >= 0.6 is 12.4 Å². The second kappa shape index (κ2) is 9.34. The van der Waals surface area contributed by atoms with E-state index in [1.54, 1.807) is 12.1 Å². The second-order valence-electron chi connectivity index (χ2n) is 5.57. The number of piperazine rings is 1. The Balaban J connectivity index is 0.00000288. The van der Waals surface area contributed by atoms with Crippen molar-refractivity contribution in [2.24, 2.45) is 0 Å². The highest BCUT2D eigenvalue weighted by Gasteiger charge is 2.31. The number of methoxy groups -OCH3 is 2. The molecule has 0 spiro atoms. The topological polar surface area (TPSA) is 33.7 Å². The predicted molar refractivity (Wildman–Crippen MR) is 89.3 cm³/mol. The summed E-state index contributed by atoms with van der Waals surface area (Å²) in [6.07, 6.45) is -4.90. The molecule has 1 fully saturated rings. The third-order valence-electron chi connectivity index (χ3n) is 4.09. The Kier molecular flexibility index (Phi) is 8.12. The third kappa shape index (κ3) is 5.72. The molecule has 8 heteroatoms. The lowest BCUT2D eigenvalue weighted by Crippen LogP contribution is -2.45. The van der Waals surface area contributed by atoms with Crippen molar-refractivity contribution in [1.29, 1.82) is 0 Å². The summed E-state index contributed by atoms with van der Waals surface area (Å²) in [6.45, 7) is 3.04. The first-order valence-electron chi connectivity index (χ1n) is 7.68. The maximum atomic E-state index is 12.7. The van der Waals surface area contributed by atoms with Crippen molar-refractivity contribution >= 4 is 12.4 Å². The largest absolute Gasteiger partial charge is 0.493 e. The summed E-state index contributed by atoms with van der Waals surface area (Å²) in [5, 5.41) is 3.23. The van der Waals surface area contributed by atoms with Crippen molar-refractivity contribution in [2.45, 2.75) is 25.1 Å². The lowest BCUT2D eigenvalue weighted by Gasteiger charge is -2.35. The molecule has 2 rings (SSSR count). The molecule has 1 saturated heterocycles. The Bertz CT molecular complexity index is 509. The Labute approximate surface area is 146 Å². The van der Waals surface area contributed by atoms with Crippen LogP contribution in [-0.2, 0) is 0 Å². The molecule has 1 aromatic rings. The van der Waals surface area contributed by atoms with E-state index < -0.39 is 12.6 Å². The molecule has 0 aromatic heterocycles. The number of benzene rings is 1. The summed E-state index contributed by atoms with van der Waals surface area (Å²) >= 11 is 0. The monoisotopic (exact) mass is 368 g/mol. The number of hydrogen-bond acceptors (Lipinski definition) is 4. The van der Waals surface area contributed by atoms with Crippen molar-refractivity contribution in [1.82, 2.24) is 10.2 Å². The average Bonchev–Trinajstić information content (AvgIpc) is 2.54. The number of nitrogens with one attached hydrogen (secondary N) is 1. The molecule has 1 heterocycles. The highest BCUT2D eigenvalue weighted by Crippen LogP contribution is 2.36. The molecule has 0 bridgehead atoms. The van der Waals surface area contributed by atoms with Gasteiger partial charge in [-0.3, -0.25) is 4.90 Å². The number of halogens is 4. The summed E-state index contributed by atoms with van der Waals surface area (Å²) in [5.74, 6) is 1.11. The van der Waals surface area contributed by atoms with Crippen LogP contribution in [0.4, 0.5) is 13.2 Å². The SMILES string of the molecule is COc1ccc([C@@H](CCC(F)(F)F)N2CCNCC2)cc1OC.Cl. The Morgan fingerprint density at radius 2 is 1.75 bits per heavy atom. The third-order valence-corrected chi connectivity index (χ3v) is 4.09. The molecule has 1 atom stereocenters. The predicted octanol–water partition coefficient (Wildman–Crippen LogP) is 3.41. The Morgan fingerprint density at radius 3 is 2.29 bits per heavy atom. The molecule has 0 radical (unpaired) electrons. The zero-order chi connectivity index (χ0) is 16.9. The van der Waals surface area contributed by atoms with Gasteiger partial charge in [-0.05, 0) is 24.1 Å². The number of hydrogen-bond donors (Lipinski definition) is 1. The first-order chi connectivity index (χ1) is 10.9. The standard InChI is InChI=1S/C16H23F3N2O2.ClH/c1-22-14-4-3-12(11-15(14)23-2)13(5-6-16(17,18)19)21-9-7-20-8-10-21;/h3-4,11,13,20H,5-10H2,1-2H3;1H/t13-;/m1./s1. The van der Waals surface area contributed by atoms with E-state index in [2.05, 4.69) is 10.2 Å². The highest BCUT2D eigenvalue weighted by atomic mass is 35.5. The minimum atomic E-state index is -4.15. The van der Waals surface area contributed by atoms with Gasteiger partial charge in [0.15, 0.2) is 11.5 Å². The lowest BCUT2D eigenvalue weighted by molar-refractivity contribution is -0.138. The minimum Gasteiger partial charge on any atom is -0.493 e. The van der Waals surface area contributed by atoms with Crippen molar-refractivity contribution < 1.29 is 22.6 Å². The molecular formula is C16H24ClF3N2O2. The van der Waals surface area contributed by atoms with E-state index in [-0.39, 0.29) is 24.9 Å². The molecule has 24 heavy (non-hydrogen) atoms. The van der Waals surface area contributed by atoms with E-state index in [9.17, 15) is 13.2 Å². The maximum Gasteiger partial charge on any atom is 0.389 e. The summed E-state index contributed by atoms with van der Waals surface area (Å²) in [5.41, 5.74) is 0.828. The van der Waals surface area contributed by atoms with Gasteiger partial charge in [-0.2, -0.15) is 13.2 Å². The lowest BCUT2D eigenvalue weighted by atomic mass is 9.98. The van der Waals surface area contributed by atoms with Crippen LogP contribution in [0.5, 0.6) is 11.5 Å². The number of rotatable bonds is 6. The van der Waals surface area contributed by atoms with Crippen LogP contribution < -0.4 is 14.8 Å². The fourth-order valence-electron chi connectivity index (χ4n) is 2.91. The van der Waals surface area contributed by atoms with Crippen LogP contribution in [0, 0.1) is 0 Å². The number of ether oxygens (including phenoxy) is 2. The molecular weight excluding hydrogens is 345 g/mol. The molecule has 0 saturated carbocycles. The van der Waals surface area contributed by atoms with Gasteiger partial charge in [0.25, 0.3) is 0 Å². The van der Waals surface area contributed by atoms with E-state index in [1.807, 2.05) is 6.07 Å². The second-order valence-corrected chi connectivity index (χ2v) is 5.57. The number of nitrogens with zero attached hydrogens (tertiary/aromatic N) is 1. The zero-order valence-corrected chi connectivity index (χ0v) is 14.7. The van der Waals surface area contributed by atoms with Crippen LogP contribution in [-0.4, -0.2) is 51.5 Å². The first kappa shape index (κ1) is 20.9. The molecule has 0 amide bonds. The summed E-state index contributed by atoms with van der Waals surface area (Å²) in [6, 6.07) is 5.07. The van der Waals surface area contributed by atoms with Crippen molar-refractivity contribution in [2.75, 3.05) is 40.4 Å². The Hall–Kier alpha value is -1.18. The highest BCUT2D eigenvalue weighted by molar-refractivity contribution is 5.85. The molecule has 138 valence electrons. The van der Waals surface area contributed by atoms with Gasteiger partial charge in [-0.15, -0.1) is 12.4 Å². The first-order valence-corrected chi connectivity index (χ1v) is 7.68. The van der Waals surface area contributed by atoms with Crippen molar-refractivity contribution in [3.8, 4) is 11.5 Å². The summed E-state index contributed by atoms with van der Waals surface area (Å²) < 4.78 is 48.5. The molecule has 1 aliphatic heterocycles. The molecule has 0 aliphatic carbocycles. The molecule has 0 unspecified atom stereocenters. The summed E-state index contributed by atoms with van der Waals surface area (Å²) in [7, 11) is 3.06.